The van der Waals surface area contributed by atoms with Crippen molar-refractivity contribution in [2.45, 2.75) is 110 Å². The second kappa shape index (κ2) is 20.3. The molecule has 5 amide bonds. The molecule has 1 aliphatic carbocycles. The molecule has 0 bridgehead atoms. The predicted octanol–water partition coefficient (Wildman–Crippen LogP) is 5.68. The van der Waals surface area contributed by atoms with Gasteiger partial charge in [-0.1, -0.05) is 13.8 Å². The van der Waals surface area contributed by atoms with E-state index in [9.17, 15) is 43.4 Å². The maximum absolute atomic E-state index is 14.2. The lowest BCUT2D eigenvalue weighted by Gasteiger charge is -2.46. The molecule has 5 aliphatic heterocycles. The first kappa shape index (κ1) is 49.2. The van der Waals surface area contributed by atoms with Crippen LogP contribution in [0.4, 0.5) is 28.7 Å². The third kappa shape index (κ3) is 9.72. The molecule has 23 heteroatoms. The van der Waals surface area contributed by atoms with Gasteiger partial charge in [0.15, 0.2) is 0 Å². The highest BCUT2D eigenvalue weighted by atomic mass is 31.2. The summed E-state index contributed by atoms with van der Waals surface area (Å²) in [5.41, 5.74) is 6.74. The van der Waals surface area contributed by atoms with Gasteiger partial charge < -0.3 is 39.3 Å². The number of hydrogen-bond donors (Lipinski definition) is 4. The standard InChI is InChI=1S/C55H64N11O11P/c1-31-30-61(36-14-17-60(18-15-36)37-7-9-40-41(25-37)52(70)66(51(40)69)43-10-12-47(68)65(54(43)72)33(3)77-78(73,74)75)19-20-62(31)38-8-11-46(57-29-38)59-42-23-35(28-58-50(42)76-6)39-13-16-56-49(48(39)32(2)67)64-22-21-63-44(53(64)71)24-34-26-55(4,5)27-45(34)63/h7-9,11,13,16,23-25,28-29,31-33,36,43,67H,10,12,14-15,17-22,26-27,30H2,1-6H3,(H,57,59)(H2,73,74,75)/t31-,32-,33?,43-/m0/s1/i6D3. The molecule has 4 aromatic heterocycles. The minimum Gasteiger partial charge on any atom is -0.480 e. The summed E-state index contributed by atoms with van der Waals surface area (Å²) in [6.45, 7) is 14.0. The van der Waals surface area contributed by atoms with Crippen molar-refractivity contribution in [1.29, 1.82) is 0 Å². The Kier molecular flexibility index (Phi) is 12.8. The number of carbonyl (C=O) groups excluding carboxylic acids is 5. The molecule has 0 saturated carbocycles. The Bertz CT molecular complexity index is 3420. The van der Waals surface area contributed by atoms with Crippen LogP contribution in [0.15, 0.2) is 67.1 Å². The molecule has 6 aliphatic rings. The molecule has 22 nitrogen and oxygen atoms in total. The van der Waals surface area contributed by atoms with E-state index in [0.29, 0.717) is 71.1 Å². The highest BCUT2D eigenvalue weighted by Crippen LogP contribution is 2.43. The zero-order valence-corrected chi connectivity index (χ0v) is 44.9. The summed E-state index contributed by atoms with van der Waals surface area (Å²) >= 11 is 0. The molecule has 410 valence electrons. The molecular formula is C55H64N11O11P. The zero-order valence-electron chi connectivity index (χ0n) is 47.0. The van der Waals surface area contributed by atoms with E-state index in [1.54, 1.807) is 60.6 Å². The van der Waals surface area contributed by atoms with Crippen LogP contribution in [0.25, 0.3) is 11.1 Å². The van der Waals surface area contributed by atoms with E-state index < -0.39 is 56.9 Å². The van der Waals surface area contributed by atoms with Gasteiger partial charge in [-0.05, 0) is 118 Å². The minimum atomic E-state index is -5.08. The van der Waals surface area contributed by atoms with Crippen molar-refractivity contribution in [3.8, 4) is 17.0 Å². The van der Waals surface area contributed by atoms with E-state index >= 15 is 0 Å². The monoisotopic (exact) mass is 1090 g/mol. The number of benzene rings is 1. The summed E-state index contributed by atoms with van der Waals surface area (Å²) in [7, 11) is -7.90. The number of hydrogen-bond acceptors (Lipinski definition) is 16. The Labute approximate surface area is 455 Å². The second-order valence-corrected chi connectivity index (χ2v) is 23.1. The Morgan fingerprint density at radius 2 is 1.60 bits per heavy atom. The van der Waals surface area contributed by atoms with Crippen molar-refractivity contribution in [3.63, 3.8) is 0 Å². The van der Waals surface area contributed by atoms with E-state index in [2.05, 4.69) is 59.8 Å². The van der Waals surface area contributed by atoms with Crippen molar-refractivity contribution in [1.82, 2.24) is 34.2 Å². The van der Waals surface area contributed by atoms with Gasteiger partial charge >= 0.3 is 7.82 Å². The van der Waals surface area contributed by atoms with Gasteiger partial charge in [0.05, 0.1) is 40.3 Å². The summed E-state index contributed by atoms with van der Waals surface area (Å²) in [6.07, 6.45) is 5.25. The number of piperidine rings is 2. The molecule has 3 fully saturated rings. The van der Waals surface area contributed by atoms with Gasteiger partial charge in [-0.2, -0.15) is 0 Å². The van der Waals surface area contributed by atoms with Crippen molar-refractivity contribution in [2.75, 3.05) is 66.3 Å². The van der Waals surface area contributed by atoms with Gasteiger partial charge in [-0.15, -0.1) is 0 Å². The molecule has 1 unspecified atom stereocenters. The quantitative estimate of drug-likeness (QED) is 0.0817. The van der Waals surface area contributed by atoms with Gasteiger partial charge in [0.2, 0.25) is 11.8 Å². The fourth-order valence-electron chi connectivity index (χ4n) is 12.6. The van der Waals surface area contributed by atoms with Gasteiger partial charge in [0.1, 0.15) is 35.3 Å². The Balaban J connectivity index is 0.728. The number of phosphoric acid groups is 1. The third-order valence-electron chi connectivity index (χ3n) is 16.2. The molecule has 11 rings (SSSR count). The number of ether oxygens (including phenoxy) is 1. The number of imide groups is 2. The van der Waals surface area contributed by atoms with Crippen molar-refractivity contribution >= 4 is 66.1 Å². The van der Waals surface area contributed by atoms with Gasteiger partial charge in [0, 0.05) is 99.2 Å². The number of nitrogens with zero attached hydrogens (tertiary/aromatic N) is 10. The smallest absolute Gasteiger partial charge is 0.471 e. The molecule has 9 heterocycles. The molecule has 5 aromatic rings. The molecular weight excluding hydrogens is 1020 g/mol. The first-order chi connectivity index (χ1) is 38.3. The predicted molar refractivity (Wildman–Crippen MR) is 287 cm³/mol. The summed E-state index contributed by atoms with van der Waals surface area (Å²) in [6, 6.07) is 13.2. The molecule has 3 saturated heterocycles. The number of aliphatic hydroxyl groups excluding tert-OH is 1. The number of amides is 5. The van der Waals surface area contributed by atoms with Crippen molar-refractivity contribution < 1.29 is 56.8 Å². The second-order valence-electron chi connectivity index (χ2n) is 21.9. The van der Waals surface area contributed by atoms with Gasteiger partial charge in [0.25, 0.3) is 23.6 Å². The average Bonchev–Trinajstić information content (AvgIpc) is 3.31. The SMILES string of the molecule is [2H]C([2H])([2H])Oc1ncc(-c2ccnc(N3CCn4c(cc5c4CC(C)(C)C5)C3=O)c2[C@H](C)O)cc1Nc1ccc(N2CCN(C3CCN(c4ccc5c(c4)C(=O)N([C@H]4CCC(=O)N(C(C)OP(=O)(O)O)C4=O)C5=O)CC3)C[C@@H]2C)cn1. The maximum atomic E-state index is 14.2. The number of fused-ring (bicyclic) bond motifs is 4. The van der Waals surface area contributed by atoms with E-state index in [1.165, 1.54) is 17.5 Å². The van der Waals surface area contributed by atoms with Gasteiger partial charge in [-0.25, -0.2) is 19.5 Å². The lowest BCUT2D eigenvalue weighted by molar-refractivity contribution is -0.161. The molecule has 0 radical (unpaired) electrons. The number of rotatable bonds is 13. The summed E-state index contributed by atoms with van der Waals surface area (Å²) < 4.78 is 47.2. The number of aliphatic hydroxyl groups is 1. The number of anilines is 5. The van der Waals surface area contributed by atoms with Gasteiger partial charge in [-0.3, -0.25) is 48.1 Å². The summed E-state index contributed by atoms with van der Waals surface area (Å²) in [5, 5.41) is 14.6. The van der Waals surface area contributed by atoms with E-state index in [4.69, 9.17) is 13.8 Å². The minimum absolute atomic E-state index is 0.121. The highest BCUT2D eigenvalue weighted by molar-refractivity contribution is 7.46. The zero-order chi connectivity index (χ0) is 57.6. The van der Waals surface area contributed by atoms with Crippen LogP contribution in [0.1, 0.15) is 119 Å². The number of nitrogens with one attached hydrogen (secondary N) is 1. The summed E-state index contributed by atoms with van der Waals surface area (Å²) in [4.78, 5) is 110. The third-order valence-corrected chi connectivity index (χ3v) is 16.7. The van der Waals surface area contributed by atoms with Crippen LogP contribution >= 0.6 is 7.82 Å². The highest BCUT2D eigenvalue weighted by Gasteiger charge is 2.49. The normalized spacial score (nSPS) is 22.5. The van der Waals surface area contributed by atoms with Crippen LogP contribution < -0.4 is 24.8 Å². The molecule has 1 aromatic carbocycles. The molecule has 0 spiro atoms. The molecule has 4 atom stereocenters. The lowest BCUT2D eigenvalue weighted by atomic mass is 9.90. The number of phosphoric ester groups is 1. The first-order valence-electron chi connectivity index (χ1n) is 27.8. The number of methoxy groups -OCH3 is 1. The number of likely N-dealkylation sites (tertiary alicyclic amines) is 1. The molecule has 78 heavy (non-hydrogen) atoms. The molecule has 4 N–H and O–H groups in total. The summed E-state index contributed by atoms with van der Waals surface area (Å²) in [5.74, 6) is -2.71. The average molecular weight is 1090 g/mol. The van der Waals surface area contributed by atoms with Crippen LogP contribution in [0, 0.1) is 5.41 Å². The van der Waals surface area contributed by atoms with E-state index in [1.807, 2.05) is 12.1 Å². The Hall–Kier alpha value is -7.07. The number of aromatic nitrogens is 4. The van der Waals surface area contributed by atoms with Crippen LogP contribution in [0.5, 0.6) is 5.88 Å². The van der Waals surface area contributed by atoms with Crippen LogP contribution in [0.2, 0.25) is 0 Å². The van der Waals surface area contributed by atoms with Crippen molar-refractivity contribution in [2.24, 2.45) is 5.41 Å². The number of carbonyl (C=O) groups is 5. The number of piperazine rings is 1. The first-order valence-corrected chi connectivity index (χ1v) is 27.9. The number of pyridine rings is 3. The maximum Gasteiger partial charge on any atom is 0.471 e. The largest absolute Gasteiger partial charge is 0.480 e. The van der Waals surface area contributed by atoms with E-state index in [-0.39, 0.29) is 52.9 Å². The fraction of sp³-hybridized carbons (Fsp3) is 0.455. The Morgan fingerprint density at radius 3 is 2.32 bits per heavy atom. The topological polar surface area (TPSA) is 257 Å². The van der Waals surface area contributed by atoms with E-state index in [0.717, 1.165) is 68.5 Å². The Morgan fingerprint density at radius 1 is 0.833 bits per heavy atom. The fourth-order valence-corrected chi connectivity index (χ4v) is 13.1. The lowest BCUT2D eigenvalue weighted by Crippen LogP contribution is -2.58. The van der Waals surface area contributed by atoms with Crippen LogP contribution in [0.3, 0.4) is 0 Å². The van der Waals surface area contributed by atoms with Crippen molar-refractivity contribution in [3.05, 3.63) is 101 Å². The van der Waals surface area contributed by atoms with Crippen LogP contribution in [-0.4, -0.2) is 149 Å². The van der Waals surface area contributed by atoms with Crippen LogP contribution in [-0.2, 0) is 38.1 Å².